The van der Waals surface area contributed by atoms with Crippen LogP contribution in [0.4, 0.5) is 0 Å². The quantitative estimate of drug-likeness (QED) is 0.483. The first-order valence-electron chi connectivity index (χ1n) is 6.81. The molecule has 0 aromatic carbocycles. The molecule has 2 saturated heterocycles. The molecule has 0 aliphatic carbocycles. The Morgan fingerprint density at radius 2 is 1.67 bits per heavy atom. The van der Waals surface area contributed by atoms with Gasteiger partial charge in [-0.2, -0.15) is 0 Å². The van der Waals surface area contributed by atoms with Gasteiger partial charge < -0.3 is 20.4 Å². The highest BCUT2D eigenvalue weighted by atomic mass is 16.4. The van der Waals surface area contributed by atoms with E-state index in [2.05, 4.69) is 10.0 Å². The average Bonchev–Trinajstić information content (AvgIpc) is 3.05. The summed E-state index contributed by atoms with van der Waals surface area (Å²) in [7, 11) is 0. The van der Waals surface area contributed by atoms with Gasteiger partial charge in [-0.25, -0.2) is 10.0 Å². The van der Waals surface area contributed by atoms with E-state index < -0.39 is 24.9 Å². The van der Waals surface area contributed by atoms with Gasteiger partial charge in [0, 0.05) is 19.6 Å². The topological polar surface area (TPSA) is 87.4 Å². The van der Waals surface area contributed by atoms with Crippen molar-refractivity contribution < 1.29 is 20.4 Å². The van der Waals surface area contributed by atoms with E-state index in [9.17, 15) is 15.3 Å². The minimum atomic E-state index is -1.29. The van der Waals surface area contributed by atoms with Gasteiger partial charge in [-0.05, 0) is 25.7 Å². The summed E-state index contributed by atoms with van der Waals surface area (Å²) in [4.78, 5) is 0. The fraction of sp³-hybridized carbons (Fsp3) is 1.00. The van der Waals surface area contributed by atoms with Crippen molar-refractivity contribution in [1.29, 1.82) is 0 Å². The van der Waals surface area contributed by atoms with E-state index in [1.165, 1.54) is 12.8 Å². The molecule has 18 heavy (non-hydrogen) atoms. The predicted octanol–water partition coefficient (Wildman–Crippen LogP) is -1.46. The zero-order chi connectivity index (χ0) is 13.1. The Kier molecular flexibility index (Phi) is 4.94. The van der Waals surface area contributed by atoms with Crippen molar-refractivity contribution in [3.63, 3.8) is 0 Å². The highest BCUT2D eigenvalue weighted by Crippen LogP contribution is 2.26. The molecule has 2 aliphatic heterocycles. The van der Waals surface area contributed by atoms with E-state index in [-0.39, 0.29) is 6.04 Å². The van der Waals surface area contributed by atoms with Gasteiger partial charge in [-0.3, -0.25) is 0 Å². The molecule has 0 radical (unpaired) electrons. The molecule has 1 unspecified atom stereocenters. The molecule has 0 amide bonds. The van der Waals surface area contributed by atoms with Crippen LogP contribution >= 0.6 is 0 Å². The van der Waals surface area contributed by atoms with Gasteiger partial charge in [0.1, 0.15) is 12.2 Å². The molecule has 0 aromatic rings. The maximum atomic E-state index is 10.2. The van der Waals surface area contributed by atoms with Gasteiger partial charge in [0.2, 0.25) is 0 Å². The van der Waals surface area contributed by atoms with Crippen molar-refractivity contribution in [3.8, 4) is 0 Å². The fourth-order valence-electron chi connectivity index (χ4n) is 3.00. The summed E-state index contributed by atoms with van der Waals surface area (Å²) in [6, 6.07) is -0.153. The van der Waals surface area contributed by atoms with Crippen LogP contribution in [0.3, 0.4) is 0 Å². The van der Waals surface area contributed by atoms with E-state index in [4.69, 9.17) is 5.11 Å². The third kappa shape index (κ3) is 2.84. The number of hydrazine groups is 1. The molecule has 6 nitrogen and oxygen atoms in total. The van der Waals surface area contributed by atoms with E-state index in [1.807, 2.05) is 0 Å². The fourth-order valence-corrected chi connectivity index (χ4v) is 3.00. The molecule has 2 rings (SSSR count). The number of hydrogen-bond donors (Lipinski definition) is 4. The second kappa shape index (κ2) is 6.27. The minimum absolute atomic E-state index is 0.153. The maximum absolute atomic E-state index is 10.2. The first-order chi connectivity index (χ1) is 8.65. The van der Waals surface area contributed by atoms with Gasteiger partial charge >= 0.3 is 0 Å². The molecule has 6 heteroatoms. The summed E-state index contributed by atoms with van der Waals surface area (Å²) < 4.78 is 0. The highest BCUT2D eigenvalue weighted by Gasteiger charge is 2.39. The molecule has 4 N–H and O–H groups in total. The van der Waals surface area contributed by atoms with Gasteiger partial charge in [-0.1, -0.05) is 0 Å². The normalized spacial score (nSPS) is 31.7. The first-order valence-corrected chi connectivity index (χ1v) is 6.81. The summed E-state index contributed by atoms with van der Waals surface area (Å²) in [5, 5.41) is 42.6. The molecule has 0 aromatic heterocycles. The summed E-state index contributed by atoms with van der Waals surface area (Å²) in [5.41, 5.74) is 0. The molecular formula is C12H24N2O4. The van der Waals surface area contributed by atoms with Crippen LogP contribution in [0.15, 0.2) is 0 Å². The van der Waals surface area contributed by atoms with E-state index in [0.29, 0.717) is 0 Å². The smallest absolute Gasteiger partial charge is 0.110 e. The van der Waals surface area contributed by atoms with Gasteiger partial charge in [0.05, 0.1) is 18.8 Å². The third-order valence-electron chi connectivity index (χ3n) is 4.04. The van der Waals surface area contributed by atoms with Gasteiger partial charge in [0.15, 0.2) is 0 Å². The number of rotatable bonds is 5. The van der Waals surface area contributed by atoms with Crippen LogP contribution in [0.1, 0.15) is 25.7 Å². The van der Waals surface area contributed by atoms with Crippen LogP contribution in [0.5, 0.6) is 0 Å². The monoisotopic (exact) mass is 260 g/mol. The number of hydrogen-bond acceptors (Lipinski definition) is 6. The lowest BCUT2D eigenvalue weighted by Gasteiger charge is -2.37. The van der Waals surface area contributed by atoms with Gasteiger partial charge in [0.25, 0.3) is 0 Å². The molecule has 2 fully saturated rings. The van der Waals surface area contributed by atoms with Crippen LogP contribution in [0.2, 0.25) is 0 Å². The zero-order valence-corrected chi connectivity index (χ0v) is 10.6. The minimum Gasteiger partial charge on any atom is -0.394 e. The number of aliphatic hydroxyl groups excluding tert-OH is 4. The lowest BCUT2D eigenvalue weighted by Crippen LogP contribution is -2.54. The Bertz CT molecular complexity index is 260. The highest BCUT2D eigenvalue weighted by molar-refractivity contribution is 4.90. The summed E-state index contributed by atoms with van der Waals surface area (Å²) in [6.45, 7) is 2.36. The van der Waals surface area contributed by atoms with E-state index >= 15 is 0 Å². The lowest BCUT2D eigenvalue weighted by molar-refractivity contribution is -0.128. The Hall–Kier alpha value is -0.240. The Labute approximate surface area is 107 Å². The summed E-state index contributed by atoms with van der Waals surface area (Å²) >= 11 is 0. The largest absolute Gasteiger partial charge is 0.394 e. The second-order valence-electron chi connectivity index (χ2n) is 5.26. The standard InChI is InChI=1S/C12H24N2O4/c15-8-10(16)12(18)11(17)9-4-3-7-14(9)13-5-1-2-6-13/h9-12,15-18H,1-8H2/t9?,10-,11+,12+/m0/s1. The van der Waals surface area contributed by atoms with Crippen LogP contribution in [-0.4, -0.2) is 81.0 Å². The van der Waals surface area contributed by atoms with Crippen LogP contribution in [0, 0.1) is 0 Å². The van der Waals surface area contributed by atoms with Crippen molar-refractivity contribution >= 4 is 0 Å². The van der Waals surface area contributed by atoms with Crippen molar-refractivity contribution in [3.05, 3.63) is 0 Å². The Balaban J connectivity index is 1.97. The number of aliphatic hydroxyl groups is 4. The van der Waals surface area contributed by atoms with Crippen LogP contribution in [-0.2, 0) is 0 Å². The van der Waals surface area contributed by atoms with E-state index in [1.54, 1.807) is 0 Å². The summed E-state index contributed by atoms with van der Waals surface area (Å²) in [6.07, 6.45) is 0.550. The molecule has 2 aliphatic rings. The van der Waals surface area contributed by atoms with Crippen molar-refractivity contribution in [2.45, 2.75) is 50.0 Å². The molecule has 4 atom stereocenters. The molecule has 0 spiro atoms. The lowest BCUT2D eigenvalue weighted by atomic mass is 10.00. The first kappa shape index (κ1) is 14.2. The van der Waals surface area contributed by atoms with E-state index in [0.717, 1.165) is 32.5 Å². The summed E-state index contributed by atoms with van der Waals surface area (Å²) in [5.74, 6) is 0. The number of nitrogens with zero attached hydrogens (tertiary/aromatic N) is 2. The van der Waals surface area contributed by atoms with Crippen LogP contribution < -0.4 is 0 Å². The molecular weight excluding hydrogens is 236 g/mol. The predicted molar refractivity (Wildman–Crippen MR) is 65.6 cm³/mol. The maximum Gasteiger partial charge on any atom is 0.110 e. The molecule has 0 saturated carbocycles. The molecule has 0 bridgehead atoms. The Morgan fingerprint density at radius 3 is 2.28 bits per heavy atom. The SMILES string of the molecule is OC[C@H](O)[C@@H](O)[C@H](O)C1CCCN1N1CCCC1. The second-order valence-corrected chi connectivity index (χ2v) is 5.26. The molecule has 2 heterocycles. The zero-order valence-electron chi connectivity index (χ0n) is 10.6. The average molecular weight is 260 g/mol. The van der Waals surface area contributed by atoms with Crippen LogP contribution in [0.25, 0.3) is 0 Å². The van der Waals surface area contributed by atoms with Crippen molar-refractivity contribution in [2.75, 3.05) is 26.2 Å². The third-order valence-corrected chi connectivity index (χ3v) is 4.04. The molecule has 106 valence electrons. The van der Waals surface area contributed by atoms with Crippen molar-refractivity contribution in [2.24, 2.45) is 0 Å². The Morgan fingerprint density at radius 1 is 1.00 bits per heavy atom. The van der Waals surface area contributed by atoms with Crippen molar-refractivity contribution in [1.82, 2.24) is 10.0 Å². The van der Waals surface area contributed by atoms with Gasteiger partial charge in [-0.15, -0.1) is 0 Å².